The van der Waals surface area contributed by atoms with E-state index in [0.717, 1.165) is 29.8 Å². The van der Waals surface area contributed by atoms with Crippen molar-refractivity contribution < 1.29 is 0 Å². The highest BCUT2D eigenvalue weighted by Crippen LogP contribution is 2.22. The lowest BCUT2D eigenvalue weighted by molar-refractivity contribution is 0.951. The summed E-state index contributed by atoms with van der Waals surface area (Å²) in [5.41, 5.74) is 4.50. The summed E-state index contributed by atoms with van der Waals surface area (Å²) in [6.07, 6.45) is 2.94. The normalized spacial score (nSPS) is 10.4. The summed E-state index contributed by atoms with van der Waals surface area (Å²) in [4.78, 5) is 8.88. The van der Waals surface area contributed by atoms with Crippen molar-refractivity contribution in [3.05, 3.63) is 41.6 Å². The van der Waals surface area contributed by atoms with Crippen molar-refractivity contribution in [2.24, 2.45) is 0 Å². The third kappa shape index (κ3) is 2.86. The minimum Gasteiger partial charge on any atom is -0.354 e. The van der Waals surface area contributed by atoms with Gasteiger partial charge in [0.05, 0.1) is 5.69 Å². The predicted octanol–water partition coefficient (Wildman–Crippen LogP) is 3.58. The molecule has 0 saturated carbocycles. The number of benzene rings is 1. The Kier molecular flexibility index (Phi) is 3.92. The van der Waals surface area contributed by atoms with Crippen LogP contribution >= 0.6 is 0 Å². The number of hydrogen-bond donors (Lipinski definition) is 1. The Bertz CT molecular complexity index is 518. The van der Waals surface area contributed by atoms with E-state index in [1.807, 2.05) is 13.1 Å². The molecule has 0 aliphatic rings. The Morgan fingerprint density at radius 1 is 1.11 bits per heavy atom. The van der Waals surface area contributed by atoms with Crippen LogP contribution in [0, 0.1) is 13.8 Å². The van der Waals surface area contributed by atoms with E-state index in [1.54, 1.807) is 0 Å². The van der Waals surface area contributed by atoms with Gasteiger partial charge in [0, 0.05) is 18.3 Å². The zero-order valence-electron chi connectivity index (χ0n) is 11.2. The van der Waals surface area contributed by atoms with Crippen LogP contribution in [-0.2, 0) is 0 Å². The molecule has 0 spiro atoms. The van der Waals surface area contributed by atoms with Crippen LogP contribution in [0.3, 0.4) is 0 Å². The number of rotatable bonds is 4. The highest BCUT2D eigenvalue weighted by Gasteiger charge is 2.05. The standard InChI is InChI=1S/C15H19N3/c1-4-9-16-15-17-10-12(3)14(18-15)13-7-5-11(2)6-8-13/h5-8,10H,4,9H2,1-3H3,(H,16,17,18). The van der Waals surface area contributed by atoms with Gasteiger partial charge in [0.1, 0.15) is 0 Å². The molecule has 1 aromatic heterocycles. The molecule has 0 amide bonds. The molecular formula is C15H19N3. The molecule has 1 aromatic carbocycles. The van der Waals surface area contributed by atoms with Gasteiger partial charge in [0.2, 0.25) is 5.95 Å². The fraction of sp³-hybridized carbons (Fsp3) is 0.333. The van der Waals surface area contributed by atoms with Gasteiger partial charge in [-0.25, -0.2) is 9.97 Å². The van der Waals surface area contributed by atoms with E-state index in [0.29, 0.717) is 5.95 Å². The zero-order chi connectivity index (χ0) is 13.0. The minimum absolute atomic E-state index is 0.707. The molecule has 0 atom stereocenters. The Balaban J connectivity index is 2.33. The molecule has 0 aliphatic carbocycles. The van der Waals surface area contributed by atoms with Gasteiger partial charge in [-0.15, -0.1) is 0 Å². The summed E-state index contributed by atoms with van der Waals surface area (Å²) in [6, 6.07) is 8.43. The summed E-state index contributed by atoms with van der Waals surface area (Å²) in [5.74, 6) is 0.707. The fourth-order valence-corrected chi connectivity index (χ4v) is 1.77. The quantitative estimate of drug-likeness (QED) is 0.889. The molecule has 0 bridgehead atoms. The summed E-state index contributed by atoms with van der Waals surface area (Å²) < 4.78 is 0. The molecule has 94 valence electrons. The molecule has 2 rings (SSSR count). The molecule has 1 heterocycles. The first-order chi connectivity index (χ1) is 8.70. The van der Waals surface area contributed by atoms with Crippen molar-refractivity contribution in [3.63, 3.8) is 0 Å². The Labute approximate surface area is 108 Å². The highest BCUT2D eigenvalue weighted by molar-refractivity contribution is 5.63. The molecule has 1 N–H and O–H groups in total. The van der Waals surface area contributed by atoms with Crippen LogP contribution in [0.1, 0.15) is 24.5 Å². The lowest BCUT2D eigenvalue weighted by Gasteiger charge is -2.08. The van der Waals surface area contributed by atoms with Gasteiger partial charge in [-0.05, 0) is 25.8 Å². The topological polar surface area (TPSA) is 37.8 Å². The van der Waals surface area contributed by atoms with Gasteiger partial charge in [-0.1, -0.05) is 36.8 Å². The lowest BCUT2D eigenvalue weighted by atomic mass is 10.1. The molecule has 0 aliphatic heterocycles. The molecule has 3 nitrogen and oxygen atoms in total. The lowest BCUT2D eigenvalue weighted by Crippen LogP contribution is -2.05. The van der Waals surface area contributed by atoms with E-state index >= 15 is 0 Å². The Morgan fingerprint density at radius 3 is 2.50 bits per heavy atom. The Hall–Kier alpha value is -1.90. The minimum atomic E-state index is 0.707. The summed E-state index contributed by atoms with van der Waals surface area (Å²) in [5, 5.41) is 3.22. The van der Waals surface area contributed by atoms with Crippen LogP contribution in [0.2, 0.25) is 0 Å². The van der Waals surface area contributed by atoms with Crippen LogP contribution in [0.15, 0.2) is 30.5 Å². The monoisotopic (exact) mass is 241 g/mol. The van der Waals surface area contributed by atoms with Gasteiger partial charge in [0.15, 0.2) is 0 Å². The van der Waals surface area contributed by atoms with E-state index in [9.17, 15) is 0 Å². The molecule has 2 aromatic rings. The number of aryl methyl sites for hydroxylation is 2. The molecule has 0 fully saturated rings. The van der Waals surface area contributed by atoms with E-state index in [1.165, 1.54) is 5.56 Å². The van der Waals surface area contributed by atoms with Crippen molar-refractivity contribution in [2.75, 3.05) is 11.9 Å². The highest BCUT2D eigenvalue weighted by atomic mass is 15.1. The van der Waals surface area contributed by atoms with E-state index in [-0.39, 0.29) is 0 Å². The smallest absolute Gasteiger partial charge is 0.223 e. The average molecular weight is 241 g/mol. The van der Waals surface area contributed by atoms with Crippen molar-refractivity contribution >= 4 is 5.95 Å². The van der Waals surface area contributed by atoms with Gasteiger partial charge in [0.25, 0.3) is 0 Å². The fourth-order valence-electron chi connectivity index (χ4n) is 1.77. The number of hydrogen-bond acceptors (Lipinski definition) is 3. The van der Waals surface area contributed by atoms with Gasteiger partial charge < -0.3 is 5.32 Å². The number of nitrogens with one attached hydrogen (secondary N) is 1. The Morgan fingerprint density at radius 2 is 1.83 bits per heavy atom. The van der Waals surface area contributed by atoms with Crippen LogP contribution in [0.4, 0.5) is 5.95 Å². The van der Waals surface area contributed by atoms with Crippen molar-refractivity contribution in [1.29, 1.82) is 0 Å². The average Bonchev–Trinajstić information content (AvgIpc) is 2.39. The predicted molar refractivity (Wildman–Crippen MR) is 75.7 cm³/mol. The second-order valence-electron chi connectivity index (χ2n) is 4.52. The molecule has 18 heavy (non-hydrogen) atoms. The van der Waals surface area contributed by atoms with E-state index < -0.39 is 0 Å². The van der Waals surface area contributed by atoms with Gasteiger partial charge >= 0.3 is 0 Å². The first-order valence-electron chi connectivity index (χ1n) is 6.35. The first-order valence-corrected chi connectivity index (χ1v) is 6.35. The molecule has 0 saturated heterocycles. The number of nitrogens with zero attached hydrogens (tertiary/aromatic N) is 2. The number of anilines is 1. The summed E-state index contributed by atoms with van der Waals surface area (Å²) in [6.45, 7) is 7.15. The van der Waals surface area contributed by atoms with Crippen LogP contribution in [0.25, 0.3) is 11.3 Å². The third-order valence-electron chi connectivity index (χ3n) is 2.83. The van der Waals surface area contributed by atoms with Gasteiger partial charge in [-0.2, -0.15) is 0 Å². The molecule has 0 radical (unpaired) electrons. The van der Waals surface area contributed by atoms with Crippen molar-refractivity contribution in [1.82, 2.24) is 9.97 Å². The number of aromatic nitrogens is 2. The second-order valence-corrected chi connectivity index (χ2v) is 4.52. The van der Waals surface area contributed by atoms with Crippen LogP contribution < -0.4 is 5.32 Å². The molecular weight excluding hydrogens is 222 g/mol. The first kappa shape index (κ1) is 12.6. The van der Waals surface area contributed by atoms with E-state index in [4.69, 9.17) is 0 Å². The third-order valence-corrected chi connectivity index (χ3v) is 2.83. The molecule has 3 heteroatoms. The summed E-state index contributed by atoms with van der Waals surface area (Å²) >= 11 is 0. The second kappa shape index (κ2) is 5.63. The SMILES string of the molecule is CCCNc1ncc(C)c(-c2ccc(C)cc2)n1. The van der Waals surface area contributed by atoms with E-state index in [2.05, 4.69) is 53.4 Å². The maximum Gasteiger partial charge on any atom is 0.223 e. The zero-order valence-corrected chi connectivity index (χ0v) is 11.2. The van der Waals surface area contributed by atoms with Crippen LogP contribution in [-0.4, -0.2) is 16.5 Å². The maximum atomic E-state index is 4.59. The largest absolute Gasteiger partial charge is 0.354 e. The van der Waals surface area contributed by atoms with Gasteiger partial charge in [-0.3, -0.25) is 0 Å². The van der Waals surface area contributed by atoms with Crippen molar-refractivity contribution in [2.45, 2.75) is 27.2 Å². The van der Waals surface area contributed by atoms with Crippen molar-refractivity contribution in [3.8, 4) is 11.3 Å². The van der Waals surface area contributed by atoms with Crippen LogP contribution in [0.5, 0.6) is 0 Å². The molecule has 0 unspecified atom stereocenters. The summed E-state index contributed by atoms with van der Waals surface area (Å²) in [7, 11) is 0. The maximum absolute atomic E-state index is 4.59.